The van der Waals surface area contributed by atoms with E-state index in [0.717, 1.165) is 22.4 Å². The molecule has 2 aromatic carbocycles. The van der Waals surface area contributed by atoms with Crippen LogP contribution in [-0.4, -0.2) is 23.8 Å². The molecule has 3 aromatic rings. The Kier molecular flexibility index (Phi) is 4.89. The Labute approximate surface area is 170 Å². The minimum atomic E-state index is -0.936. The molecule has 0 radical (unpaired) electrons. The first-order valence-corrected chi connectivity index (χ1v) is 9.63. The second kappa shape index (κ2) is 7.51. The third-order valence-electron chi connectivity index (χ3n) is 5.46. The summed E-state index contributed by atoms with van der Waals surface area (Å²) in [6, 6.07) is 19.5. The molecule has 146 valence electrons. The Morgan fingerprint density at radius 1 is 1.07 bits per heavy atom. The molecule has 0 aliphatic carbocycles. The normalized spacial score (nSPS) is 17.9. The molecule has 0 saturated heterocycles. The third-order valence-corrected chi connectivity index (χ3v) is 5.46. The van der Waals surface area contributed by atoms with Gasteiger partial charge in [0.05, 0.1) is 17.3 Å². The highest BCUT2D eigenvalue weighted by atomic mass is 16.2. The van der Waals surface area contributed by atoms with E-state index in [9.17, 15) is 9.59 Å². The lowest BCUT2D eigenvalue weighted by molar-refractivity contribution is -0.127. The van der Waals surface area contributed by atoms with Gasteiger partial charge in [0.2, 0.25) is 11.8 Å². The van der Waals surface area contributed by atoms with Gasteiger partial charge in [-0.15, -0.1) is 0 Å². The van der Waals surface area contributed by atoms with E-state index in [1.54, 1.807) is 24.3 Å². The van der Waals surface area contributed by atoms with Crippen molar-refractivity contribution in [2.75, 3.05) is 17.3 Å². The molecule has 1 aromatic heterocycles. The van der Waals surface area contributed by atoms with Gasteiger partial charge in [-0.3, -0.25) is 14.6 Å². The third kappa shape index (κ3) is 3.51. The van der Waals surface area contributed by atoms with E-state index in [0.29, 0.717) is 12.1 Å². The largest absolute Gasteiger partial charge is 0.325 e. The number of amides is 2. The molecule has 0 unspecified atom stereocenters. The topological polar surface area (TPSA) is 62.3 Å². The second-order valence-corrected chi connectivity index (χ2v) is 7.60. The minimum Gasteiger partial charge on any atom is -0.325 e. The molecule has 5 heteroatoms. The van der Waals surface area contributed by atoms with E-state index >= 15 is 0 Å². The van der Waals surface area contributed by atoms with Gasteiger partial charge in [0.15, 0.2) is 0 Å². The van der Waals surface area contributed by atoms with Crippen molar-refractivity contribution in [3.63, 3.8) is 0 Å². The van der Waals surface area contributed by atoms with Gasteiger partial charge in [-0.25, -0.2) is 0 Å². The molecular weight excluding hydrogens is 362 g/mol. The van der Waals surface area contributed by atoms with Gasteiger partial charge in [0.25, 0.3) is 0 Å². The Bertz CT molecular complexity index is 1060. The first kappa shape index (κ1) is 18.9. The molecule has 4 rings (SSSR count). The number of nitrogens with zero attached hydrogens (tertiary/aromatic N) is 2. The molecule has 0 spiro atoms. The number of pyridine rings is 1. The SMILES string of the molecule is Cc1cncc(NC(=O)C[C@]2(Cc3ccccc3)C(=O)N(C)c3ccccc32)c1. The molecule has 1 aliphatic rings. The minimum absolute atomic E-state index is 0.0555. The number of para-hydroxylation sites is 1. The lowest BCUT2D eigenvalue weighted by atomic mass is 9.73. The molecule has 2 heterocycles. The molecule has 0 bridgehead atoms. The quantitative estimate of drug-likeness (QED) is 0.725. The van der Waals surface area contributed by atoms with Crippen molar-refractivity contribution in [2.24, 2.45) is 0 Å². The summed E-state index contributed by atoms with van der Waals surface area (Å²) >= 11 is 0. The van der Waals surface area contributed by atoms with Crippen LogP contribution in [0.5, 0.6) is 0 Å². The van der Waals surface area contributed by atoms with E-state index < -0.39 is 5.41 Å². The molecule has 5 nitrogen and oxygen atoms in total. The van der Waals surface area contributed by atoms with Gasteiger partial charge in [-0.1, -0.05) is 48.5 Å². The number of anilines is 2. The van der Waals surface area contributed by atoms with Crippen molar-refractivity contribution in [1.29, 1.82) is 0 Å². The second-order valence-electron chi connectivity index (χ2n) is 7.60. The molecule has 2 amide bonds. The van der Waals surface area contributed by atoms with Crippen LogP contribution in [0.1, 0.15) is 23.1 Å². The fourth-order valence-corrected chi connectivity index (χ4v) is 4.17. The van der Waals surface area contributed by atoms with Gasteiger partial charge in [-0.05, 0) is 42.2 Å². The van der Waals surface area contributed by atoms with Crippen molar-refractivity contribution < 1.29 is 9.59 Å². The molecule has 1 atom stereocenters. The number of nitrogens with one attached hydrogen (secondary N) is 1. The highest BCUT2D eigenvalue weighted by Crippen LogP contribution is 2.45. The van der Waals surface area contributed by atoms with Crippen molar-refractivity contribution in [2.45, 2.75) is 25.2 Å². The predicted octanol–water partition coefficient (Wildman–Crippen LogP) is 3.88. The number of rotatable bonds is 5. The van der Waals surface area contributed by atoms with Crippen molar-refractivity contribution in [3.8, 4) is 0 Å². The number of benzene rings is 2. The predicted molar refractivity (Wildman–Crippen MR) is 114 cm³/mol. The summed E-state index contributed by atoms with van der Waals surface area (Å²) in [5, 5.41) is 2.91. The maximum atomic E-state index is 13.5. The Hall–Kier alpha value is -3.47. The lowest BCUT2D eigenvalue weighted by Gasteiger charge is -2.28. The number of aromatic nitrogens is 1. The summed E-state index contributed by atoms with van der Waals surface area (Å²) in [5.41, 5.74) is 3.44. The number of hydrogen-bond acceptors (Lipinski definition) is 3. The number of aryl methyl sites for hydroxylation is 1. The van der Waals surface area contributed by atoms with Gasteiger partial charge in [-0.2, -0.15) is 0 Å². The number of fused-ring (bicyclic) bond motifs is 1. The summed E-state index contributed by atoms with van der Waals surface area (Å²) in [4.78, 5) is 32.3. The molecule has 0 fully saturated rings. The van der Waals surface area contributed by atoms with Crippen LogP contribution in [0.15, 0.2) is 73.1 Å². The smallest absolute Gasteiger partial charge is 0.238 e. The molecule has 1 N–H and O–H groups in total. The summed E-state index contributed by atoms with van der Waals surface area (Å²) in [5.74, 6) is -0.258. The fourth-order valence-electron chi connectivity index (χ4n) is 4.17. The Balaban J connectivity index is 1.72. The Morgan fingerprint density at radius 2 is 1.79 bits per heavy atom. The number of likely N-dealkylation sites (N-methyl/N-ethyl adjacent to an activating group) is 1. The maximum Gasteiger partial charge on any atom is 0.238 e. The average Bonchev–Trinajstić information content (AvgIpc) is 2.91. The van der Waals surface area contributed by atoms with Gasteiger partial charge < -0.3 is 10.2 Å². The average molecular weight is 385 g/mol. The van der Waals surface area contributed by atoms with E-state index in [1.165, 1.54) is 0 Å². The summed E-state index contributed by atoms with van der Waals surface area (Å²) in [6.45, 7) is 1.92. The van der Waals surface area contributed by atoms with Crippen molar-refractivity contribution >= 4 is 23.2 Å². The summed E-state index contributed by atoms with van der Waals surface area (Å²) in [6.07, 6.45) is 3.88. The molecule has 29 heavy (non-hydrogen) atoms. The van der Waals surface area contributed by atoms with Crippen LogP contribution in [0.2, 0.25) is 0 Å². The van der Waals surface area contributed by atoms with Crippen LogP contribution in [0.4, 0.5) is 11.4 Å². The fraction of sp³-hybridized carbons (Fsp3) is 0.208. The van der Waals surface area contributed by atoms with Gasteiger partial charge >= 0.3 is 0 Å². The number of carbonyl (C=O) groups excluding carboxylic acids is 2. The van der Waals surface area contributed by atoms with E-state index in [4.69, 9.17) is 0 Å². The lowest BCUT2D eigenvalue weighted by Crippen LogP contribution is -2.43. The molecule has 0 saturated carbocycles. The first-order chi connectivity index (χ1) is 14.0. The van der Waals surface area contributed by atoms with Crippen molar-refractivity contribution in [1.82, 2.24) is 4.98 Å². The molecular formula is C24H23N3O2. The molecule has 1 aliphatic heterocycles. The van der Waals surface area contributed by atoms with Crippen LogP contribution in [0, 0.1) is 6.92 Å². The zero-order valence-corrected chi connectivity index (χ0v) is 16.6. The highest BCUT2D eigenvalue weighted by Gasteiger charge is 2.50. The van der Waals surface area contributed by atoms with Gasteiger partial charge in [0.1, 0.15) is 0 Å². The van der Waals surface area contributed by atoms with Gasteiger partial charge in [0, 0.05) is 25.4 Å². The van der Waals surface area contributed by atoms with Crippen LogP contribution < -0.4 is 10.2 Å². The van der Waals surface area contributed by atoms with E-state index in [2.05, 4.69) is 10.3 Å². The maximum absolute atomic E-state index is 13.5. The highest BCUT2D eigenvalue weighted by molar-refractivity contribution is 6.10. The van der Waals surface area contributed by atoms with Crippen LogP contribution in [0.3, 0.4) is 0 Å². The first-order valence-electron chi connectivity index (χ1n) is 9.63. The van der Waals surface area contributed by atoms with Crippen LogP contribution >= 0.6 is 0 Å². The monoisotopic (exact) mass is 385 g/mol. The number of carbonyl (C=O) groups is 2. The summed E-state index contributed by atoms with van der Waals surface area (Å²) in [7, 11) is 1.77. The van der Waals surface area contributed by atoms with Crippen LogP contribution in [0.25, 0.3) is 0 Å². The Morgan fingerprint density at radius 3 is 2.55 bits per heavy atom. The standard InChI is InChI=1S/C24H23N3O2/c1-17-12-19(16-25-15-17)26-22(28)14-24(13-18-8-4-3-5-9-18)20-10-6-7-11-21(20)27(2)23(24)29/h3-12,15-16H,13-14H2,1-2H3,(H,26,28)/t24-/m0/s1. The van der Waals surface area contributed by atoms with Crippen LogP contribution in [-0.2, 0) is 21.4 Å². The summed E-state index contributed by atoms with van der Waals surface area (Å²) < 4.78 is 0. The zero-order valence-electron chi connectivity index (χ0n) is 16.6. The zero-order chi connectivity index (χ0) is 20.4. The number of hydrogen-bond donors (Lipinski definition) is 1. The van der Waals surface area contributed by atoms with E-state index in [1.807, 2.05) is 67.6 Å². The van der Waals surface area contributed by atoms with E-state index in [-0.39, 0.29) is 18.2 Å². The van der Waals surface area contributed by atoms with Crippen molar-refractivity contribution in [3.05, 3.63) is 89.7 Å².